The van der Waals surface area contributed by atoms with Gasteiger partial charge in [0.15, 0.2) is 0 Å². The number of imide groups is 1. The molecule has 276 valence electrons. The average Bonchev–Trinajstić information content (AvgIpc) is 3.58. The summed E-state index contributed by atoms with van der Waals surface area (Å²) >= 11 is 0. The number of fused-ring (bicyclic) bond motifs is 1. The van der Waals surface area contributed by atoms with E-state index >= 15 is 0 Å². The summed E-state index contributed by atoms with van der Waals surface area (Å²) in [6.07, 6.45) is 1.35. The van der Waals surface area contributed by atoms with E-state index in [-0.39, 0.29) is 37.9 Å². The van der Waals surface area contributed by atoms with Crippen LogP contribution < -0.4 is 21.3 Å². The lowest BCUT2D eigenvalue weighted by Gasteiger charge is -2.38. The first kappa shape index (κ1) is 40.1. The molecule has 1 aromatic carbocycles. The summed E-state index contributed by atoms with van der Waals surface area (Å²) in [7, 11) is 0. The van der Waals surface area contributed by atoms with Crippen LogP contribution in [-0.2, 0) is 19.2 Å². The van der Waals surface area contributed by atoms with Gasteiger partial charge < -0.3 is 26.2 Å². The third-order valence-electron chi connectivity index (χ3n) is 9.61. The first-order chi connectivity index (χ1) is 23.2. The summed E-state index contributed by atoms with van der Waals surface area (Å²) in [5.41, 5.74) is -0.751. The average molecular weight is 697 g/mol. The van der Waals surface area contributed by atoms with E-state index in [9.17, 15) is 33.6 Å². The van der Waals surface area contributed by atoms with Gasteiger partial charge in [-0.1, -0.05) is 80.9 Å². The summed E-state index contributed by atoms with van der Waals surface area (Å²) < 4.78 is 0. The Bertz CT molecular complexity index is 1440. The minimum atomic E-state index is -1.06. The first-order valence-electron chi connectivity index (χ1n) is 17.7. The molecular formula is C37H56N6O7. The van der Waals surface area contributed by atoms with Gasteiger partial charge in [-0.25, -0.2) is 4.79 Å². The molecule has 2 heterocycles. The summed E-state index contributed by atoms with van der Waals surface area (Å²) in [6.45, 7) is 19.0. The number of carbonyl (C=O) groups excluding carboxylic acids is 7. The molecule has 4 N–H and O–H groups in total. The second kappa shape index (κ2) is 16.2. The minimum absolute atomic E-state index is 0.0197. The van der Waals surface area contributed by atoms with Gasteiger partial charge in [-0.2, -0.15) is 0 Å². The van der Waals surface area contributed by atoms with E-state index in [1.54, 1.807) is 31.2 Å². The lowest BCUT2D eigenvalue weighted by molar-refractivity contribution is -0.144. The highest BCUT2D eigenvalue weighted by Gasteiger charge is 2.48. The molecule has 1 unspecified atom stereocenters. The molecule has 0 aromatic heterocycles. The van der Waals surface area contributed by atoms with Crippen LogP contribution in [-0.4, -0.2) is 95.0 Å². The number of likely N-dealkylation sites (N-methyl/N-ethyl adjacent to an activating group) is 1. The highest BCUT2D eigenvalue weighted by Crippen LogP contribution is 2.34. The number of ketones is 1. The van der Waals surface area contributed by atoms with Crippen LogP contribution in [0.2, 0.25) is 0 Å². The molecule has 1 saturated heterocycles. The summed E-state index contributed by atoms with van der Waals surface area (Å²) in [4.78, 5) is 96.2. The fourth-order valence-electron chi connectivity index (χ4n) is 6.59. The molecule has 5 atom stereocenters. The Hall–Kier alpha value is -4.29. The van der Waals surface area contributed by atoms with Crippen LogP contribution in [0.4, 0.5) is 4.79 Å². The number of likely N-dealkylation sites (tertiary alicyclic amines) is 1. The third kappa shape index (κ3) is 9.08. The summed E-state index contributed by atoms with van der Waals surface area (Å²) in [5.74, 6) is -3.55. The Balaban J connectivity index is 1.84. The van der Waals surface area contributed by atoms with Crippen LogP contribution in [0.1, 0.15) is 109 Å². The molecule has 0 saturated carbocycles. The number of nitrogens with zero attached hydrogens (tertiary/aromatic N) is 2. The summed E-state index contributed by atoms with van der Waals surface area (Å²) in [5, 5.41) is 11.0. The second-order valence-electron chi connectivity index (χ2n) is 15.8. The van der Waals surface area contributed by atoms with Gasteiger partial charge in [0.2, 0.25) is 17.6 Å². The zero-order chi connectivity index (χ0) is 37.7. The minimum Gasteiger partial charge on any atom is -0.350 e. The SMILES string of the molecule is CCCC(NC(=O)[C@@H]1[C@@H](C(C)C)CCN1C(=O)[C@@H](NC(=O)N[C@H](CN1C(=O)c2ccccc2C1=O)C(C)(C)C)C(C)(C)C)C(=O)C(=O)NCC. The number of urea groups is 1. The normalized spacial score (nSPS) is 19.5. The topological polar surface area (TPSA) is 174 Å². The molecule has 0 spiro atoms. The van der Waals surface area contributed by atoms with Crippen molar-refractivity contribution in [1.82, 2.24) is 31.1 Å². The largest absolute Gasteiger partial charge is 0.350 e. The Morgan fingerprint density at radius 3 is 1.92 bits per heavy atom. The van der Waals surface area contributed by atoms with Crippen molar-refractivity contribution in [2.24, 2.45) is 22.7 Å². The molecule has 50 heavy (non-hydrogen) atoms. The monoisotopic (exact) mass is 696 g/mol. The van der Waals surface area contributed by atoms with Crippen molar-refractivity contribution in [3.05, 3.63) is 35.4 Å². The number of amides is 7. The van der Waals surface area contributed by atoms with Crippen LogP contribution in [0.5, 0.6) is 0 Å². The van der Waals surface area contributed by atoms with Crippen LogP contribution in [0.3, 0.4) is 0 Å². The van der Waals surface area contributed by atoms with E-state index in [4.69, 9.17) is 0 Å². The molecule has 1 fully saturated rings. The molecule has 13 heteroatoms. The Kier molecular flexibility index (Phi) is 13.0. The van der Waals surface area contributed by atoms with E-state index in [1.807, 2.05) is 62.3 Å². The Morgan fingerprint density at radius 1 is 0.860 bits per heavy atom. The van der Waals surface area contributed by atoms with E-state index < -0.39 is 76.3 Å². The van der Waals surface area contributed by atoms with Crippen LogP contribution in [0.15, 0.2) is 24.3 Å². The predicted octanol–water partition coefficient (Wildman–Crippen LogP) is 3.27. The van der Waals surface area contributed by atoms with Gasteiger partial charge >= 0.3 is 6.03 Å². The summed E-state index contributed by atoms with van der Waals surface area (Å²) in [6, 6.07) is 2.23. The van der Waals surface area contributed by atoms with Crippen molar-refractivity contribution < 1.29 is 33.6 Å². The molecule has 1 aromatic rings. The number of hydrogen-bond acceptors (Lipinski definition) is 7. The molecule has 13 nitrogen and oxygen atoms in total. The van der Waals surface area contributed by atoms with Crippen molar-refractivity contribution in [3.63, 3.8) is 0 Å². The smallest absolute Gasteiger partial charge is 0.315 e. The van der Waals surface area contributed by atoms with Gasteiger partial charge in [-0.3, -0.25) is 33.7 Å². The second-order valence-corrected chi connectivity index (χ2v) is 15.8. The molecule has 2 aliphatic heterocycles. The highest BCUT2D eigenvalue weighted by atomic mass is 16.2. The quantitative estimate of drug-likeness (QED) is 0.181. The molecule has 2 aliphatic rings. The van der Waals surface area contributed by atoms with E-state index in [2.05, 4.69) is 21.3 Å². The Labute approximate surface area is 296 Å². The highest BCUT2D eigenvalue weighted by molar-refractivity contribution is 6.38. The number of hydrogen-bond donors (Lipinski definition) is 4. The lowest BCUT2D eigenvalue weighted by atomic mass is 9.84. The van der Waals surface area contributed by atoms with Gasteiger partial charge in [-0.05, 0) is 54.6 Å². The van der Waals surface area contributed by atoms with Gasteiger partial charge in [0.1, 0.15) is 12.1 Å². The molecule has 3 rings (SSSR count). The standard InChI is InChI=1S/C37H56N6O7/c1-11-15-25(28(44)31(46)38-12-2)39-30(45)27-22(21(3)4)18-19-42(27)34(49)29(37(8,9)10)41-35(50)40-26(36(5,6)7)20-43-32(47)23-16-13-14-17-24(23)33(43)48/h13-14,16-17,21-22,25-27,29H,11-12,15,18-20H2,1-10H3,(H,38,46)(H,39,45)(H2,40,41,50)/t22-,25?,26-,27+,29-/m1/s1. The van der Waals surface area contributed by atoms with Crippen molar-refractivity contribution >= 4 is 41.4 Å². The number of carbonyl (C=O) groups is 7. The molecule has 0 aliphatic carbocycles. The first-order valence-corrected chi connectivity index (χ1v) is 17.7. The molecular weight excluding hydrogens is 640 g/mol. The third-order valence-corrected chi connectivity index (χ3v) is 9.61. The zero-order valence-electron chi connectivity index (χ0n) is 31.3. The lowest BCUT2D eigenvalue weighted by Crippen LogP contribution is -2.62. The maximum Gasteiger partial charge on any atom is 0.315 e. The fourth-order valence-corrected chi connectivity index (χ4v) is 6.59. The number of Topliss-reactive ketones (excluding diaryl/α,β-unsaturated/α-hetero) is 1. The maximum absolute atomic E-state index is 14.4. The van der Waals surface area contributed by atoms with Gasteiger partial charge in [-0.15, -0.1) is 0 Å². The van der Waals surface area contributed by atoms with Crippen molar-refractivity contribution in [2.45, 2.75) is 113 Å². The van der Waals surface area contributed by atoms with Crippen LogP contribution in [0, 0.1) is 22.7 Å². The molecule has 0 bridgehead atoms. The van der Waals surface area contributed by atoms with Crippen molar-refractivity contribution in [3.8, 4) is 0 Å². The van der Waals surface area contributed by atoms with E-state index in [1.165, 1.54) is 4.90 Å². The fraction of sp³-hybridized carbons (Fsp3) is 0.649. The van der Waals surface area contributed by atoms with Crippen molar-refractivity contribution in [2.75, 3.05) is 19.6 Å². The molecule has 0 radical (unpaired) electrons. The van der Waals surface area contributed by atoms with Gasteiger partial charge in [0.05, 0.1) is 29.8 Å². The van der Waals surface area contributed by atoms with Crippen LogP contribution in [0.25, 0.3) is 0 Å². The van der Waals surface area contributed by atoms with Crippen molar-refractivity contribution in [1.29, 1.82) is 0 Å². The van der Waals surface area contributed by atoms with E-state index in [0.717, 1.165) is 4.90 Å². The maximum atomic E-state index is 14.4. The zero-order valence-corrected chi connectivity index (χ0v) is 31.3. The van der Waals surface area contributed by atoms with Crippen LogP contribution >= 0.6 is 0 Å². The van der Waals surface area contributed by atoms with E-state index in [0.29, 0.717) is 24.0 Å². The number of rotatable bonds is 13. The van der Waals surface area contributed by atoms with Gasteiger partial charge in [0, 0.05) is 13.1 Å². The van der Waals surface area contributed by atoms with Gasteiger partial charge in [0.25, 0.3) is 17.7 Å². The Morgan fingerprint density at radius 2 is 1.44 bits per heavy atom. The molecule has 7 amide bonds. The predicted molar refractivity (Wildman–Crippen MR) is 189 cm³/mol. The number of nitrogens with one attached hydrogen (secondary N) is 4. The number of benzene rings is 1.